The quantitative estimate of drug-likeness (QED) is 0.601. The first-order valence-corrected chi connectivity index (χ1v) is 11.4. The van der Waals surface area contributed by atoms with Gasteiger partial charge in [-0.25, -0.2) is 4.68 Å². The van der Waals surface area contributed by atoms with E-state index in [9.17, 15) is 9.59 Å². The number of carbonyl (C=O) groups excluding carboxylic acids is 1. The van der Waals surface area contributed by atoms with E-state index in [0.717, 1.165) is 42.9 Å². The van der Waals surface area contributed by atoms with Gasteiger partial charge in [0, 0.05) is 18.3 Å². The van der Waals surface area contributed by atoms with Crippen LogP contribution in [-0.4, -0.2) is 47.3 Å². The number of hydrogen-bond donors (Lipinski definition) is 1. The molecule has 0 saturated carbocycles. The minimum atomic E-state index is -0.458. The molecule has 4 rings (SSSR count). The number of methoxy groups -OCH3 is 1. The molecule has 7 heteroatoms. The van der Waals surface area contributed by atoms with Gasteiger partial charge in [-0.05, 0) is 62.7 Å². The summed E-state index contributed by atoms with van der Waals surface area (Å²) in [6, 6.07) is 18.9. The third kappa shape index (κ3) is 5.31. The van der Waals surface area contributed by atoms with Crippen LogP contribution in [0.3, 0.4) is 0 Å². The fourth-order valence-corrected chi connectivity index (χ4v) is 4.32. The van der Waals surface area contributed by atoms with Gasteiger partial charge < -0.3 is 10.1 Å². The Hall–Kier alpha value is -3.45. The molecular weight excluding hydrogens is 416 g/mol. The minimum Gasteiger partial charge on any atom is -0.497 e. The zero-order valence-electron chi connectivity index (χ0n) is 19.2. The van der Waals surface area contributed by atoms with Crippen LogP contribution in [-0.2, 0) is 0 Å². The number of aryl methyl sites for hydroxylation is 1. The first kappa shape index (κ1) is 22.7. The first-order chi connectivity index (χ1) is 16.1. The van der Waals surface area contributed by atoms with Gasteiger partial charge in [-0.2, -0.15) is 5.10 Å². The SMILES string of the molecule is COc1ccc([C@H](CNC(=O)c2nn(-c3ccccc3)c(C)cc2=O)N2CCCCC2)cc1. The highest BCUT2D eigenvalue weighted by Crippen LogP contribution is 2.26. The molecule has 172 valence electrons. The third-order valence-corrected chi connectivity index (χ3v) is 6.11. The van der Waals surface area contributed by atoms with E-state index in [4.69, 9.17) is 4.74 Å². The van der Waals surface area contributed by atoms with Crippen molar-refractivity contribution in [1.82, 2.24) is 20.0 Å². The van der Waals surface area contributed by atoms with Crippen molar-refractivity contribution in [2.75, 3.05) is 26.7 Å². The monoisotopic (exact) mass is 446 g/mol. The summed E-state index contributed by atoms with van der Waals surface area (Å²) >= 11 is 0. The summed E-state index contributed by atoms with van der Waals surface area (Å²) < 4.78 is 6.92. The lowest BCUT2D eigenvalue weighted by Gasteiger charge is -2.35. The average molecular weight is 447 g/mol. The van der Waals surface area contributed by atoms with Crippen LogP contribution in [0.15, 0.2) is 65.5 Å². The molecule has 2 aromatic carbocycles. The van der Waals surface area contributed by atoms with E-state index >= 15 is 0 Å². The maximum Gasteiger partial charge on any atom is 0.275 e. The zero-order chi connectivity index (χ0) is 23.2. The number of benzene rings is 2. The van der Waals surface area contributed by atoms with E-state index in [1.54, 1.807) is 18.7 Å². The van der Waals surface area contributed by atoms with Crippen LogP contribution < -0.4 is 15.5 Å². The topological polar surface area (TPSA) is 76.5 Å². The number of likely N-dealkylation sites (tertiary alicyclic amines) is 1. The molecule has 1 aromatic heterocycles. The lowest BCUT2D eigenvalue weighted by Crippen LogP contribution is -2.42. The smallest absolute Gasteiger partial charge is 0.275 e. The number of ether oxygens (including phenoxy) is 1. The molecule has 3 aromatic rings. The Morgan fingerprint density at radius 1 is 1.06 bits per heavy atom. The number of nitrogens with zero attached hydrogens (tertiary/aromatic N) is 3. The van der Waals surface area contributed by atoms with E-state index in [-0.39, 0.29) is 17.2 Å². The van der Waals surface area contributed by atoms with Crippen molar-refractivity contribution in [3.8, 4) is 11.4 Å². The lowest BCUT2D eigenvalue weighted by atomic mass is 10.0. The summed E-state index contributed by atoms with van der Waals surface area (Å²) in [6.07, 6.45) is 3.51. The Labute approximate surface area is 194 Å². The molecular formula is C26H30N4O3. The van der Waals surface area contributed by atoms with Crippen molar-refractivity contribution in [3.05, 3.63) is 87.8 Å². The normalized spacial score (nSPS) is 15.1. The summed E-state index contributed by atoms with van der Waals surface area (Å²) in [4.78, 5) is 28.0. The van der Waals surface area contributed by atoms with E-state index in [1.807, 2.05) is 54.6 Å². The predicted octanol–water partition coefficient (Wildman–Crippen LogP) is 3.51. The molecule has 0 spiro atoms. The second-order valence-corrected chi connectivity index (χ2v) is 8.34. The molecule has 1 saturated heterocycles. The highest BCUT2D eigenvalue weighted by Gasteiger charge is 2.24. The van der Waals surface area contributed by atoms with Gasteiger partial charge in [0.15, 0.2) is 5.69 Å². The summed E-state index contributed by atoms with van der Waals surface area (Å²) in [7, 11) is 1.65. The van der Waals surface area contributed by atoms with Crippen LogP contribution in [0, 0.1) is 6.92 Å². The largest absolute Gasteiger partial charge is 0.497 e. The Balaban J connectivity index is 1.56. The van der Waals surface area contributed by atoms with E-state index in [0.29, 0.717) is 12.2 Å². The number of nitrogens with one attached hydrogen (secondary N) is 1. The van der Waals surface area contributed by atoms with Crippen LogP contribution in [0.2, 0.25) is 0 Å². The number of amides is 1. The van der Waals surface area contributed by atoms with Crippen molar-refractivity contribution >= 4 is 5.91 Å². The van der Waals surface area contributed by atoms with Crippen molar-refractivity contribution < 1.29 is 9.53 Å². The molecule has 33 heavy (non-hydrogen) atoms. The van der Waals surface area contributed by atoms with Crippen molar-refractivity contribution in [1.29, 1.82) is 0 Å². The van der Waals surface area contributed by atoms with Crippen LogP contribution in [0.1, 0.15) is 47.1 Å². The van der Waals surface area contributed by atoms with Gasteiger partial charge in [-0.15, -0.1) is 0 Å². The Bertz CT molecular complexity index is 1140. The summed E-state index contributed by atoms with van der Waals surface area (Å²) in [5.41, 5.74) is 2.10. The van der Waals surface area contributed by atoms with E-state index in [1.165, 1.54) is 12.5 Å². The van der Waals surface area contributed by atoms with Crippen molar-refractivity contribution in [2.24, 2.45) is 0 Å². The molecule has 1 amide bonds. The predicted molar refractivity (Wildman–Crippen MR) is 128 cm³/mol. The third-order valence-electron chi connectivity index (χ3n) is 6.11. The molecule has 7 nitrogen and oxygen atoms in total. The lowest BCUT2D eigenvalue weighted by molar-refractivity contribution is 0.0916. The molecule has 1 aliphatic heterocycles. The second-order valence-electron chi connectivity index (χ2n) is 8.34. The average Bonchev–Trinajstić information content (AvgIpc) is 2.85. The molecule has 0 aliphatic carbocycles. The number of hydrogen-bond acceptors (Lipinski definition) is 5. The van der Waals surface area contributed by atoms with Gasteiger partial charge >= 0.3 is 0 Å². The zero-order valence-corrected chi connectivity index (χ0v) is 19.2. The Morgan fingerprint density at radius 3 is 2.42 bits per heavy atom. The fourth-order valence-electron chi connectivity index (χ4n) is 4.32. The maximum absolute atomic E-state index is 13.1. The van der Waals surface area contributed by atoms with Crippen LogP contribution >= 0.6 is 0 Å². The molecule has 0 radical (unpaired) electrons. The molecule has 0 bridgehead atoms. The molecule has 1 N–H and O–H groups in total. The van der Waals surface area contributed by atoms with Gasteiger partial charge in [0.25, 0.3) is 5.91 Å². The van der Waals surface area contributed by atoms with Gasteiger partial charge in [0.1, 0.15) is 5.75 Å². The molecule has 2 heterocycles. The Morgan fingerprint density at radius 2 is 1.76 bits per heavy atom. The van der Waals surface area contributed by atoms with Gasteiger partial charge in [0.2, 0.25) is 5.43 Å². The maximum atomic E-state index is 13.1. The number of rotatable bonds is 7. The van der Waals surface area contributed by atoms with E-state index in [2.05, 4.69) is 15.3 Å². The first-order valence-electron chi connectivity index (χ1n) is 11.4. The summed E-state index contributed by atoms with van der Waals surface area (Å²) in [5, 5.41) is 7.36. The number of aromatic nitrogens is 2. The number of carbonyl (C=O) groups is 1. The molecule has 1 atom stereocenters. The van der Waals surface area contributed by atoms with Crippen LogP contribution in [0.5, 0.6) is 5.75 Å². The van der Waals surface area contributed by atoms with Gasteiger partial charge in [-0.3, -0.25) is 14.5 Å². The van der Waals surface area contributed by atoms with Gasteiger partial charge in [-0.1, -0.05) is 36.8 Å². The highest BCUT2D eigenvalue weighted by atomic mass is 16.5. The molecule has 1 fully saturated rings. The number of para-hydroxylation sites is 1. The fraction of sp³-hybridized carbons (Fsp3) is 0.346. The van der Waals surface area contributed by atoms with Crippen molar-refractivity contribution in [2.45, 2.75) is 32.2 Å². The van der Waals surface area contributed by atoms with Crippen LogP contribution in [0.25, 0.3) is 5.69 Å². The van der Waals surface area contributed by atoms with Gasteiger partial charge in [0.05, 0.1) is 18.8 Å². The Kier molecular flexibility index (Phi) is 7.19. The van der Waals surface area contributed by atoms with Crippen molar-refractivity contribution in [3.63, 3.8) is 0 Å². The summed E-state index contributed by atoms with van der Waals surface area (Å²) in [5.74, 6) is 0.339. The summed E-state index contributed by atoms with van der Waals surface area (Å²) in [6.45, 7) is 4.16. The van der Waals surface area contributed by atoms with Crippen LogP contribution in [0.4, 0.5) is 0 Å². The highest BCUT2D eigenvalue weighted by molar-refractivity contribution is 5.92. The molecule has 1 aliphatic rings. The van der Waals surface area contributed by atoms with E-state index < -0.39 is 5.91 Å². The molecule has 0 unspecified atom stereocenters. The standard InChI is InChI=1S/C26H30N4O3/c1-19-17-24(31)25(28-30(19)21-9-5-3-6-10-21)26(32)27-18-23(29-15-7-4-8-16-29)20-11-13-22(33-2)14-12-20/h3,5-6,9-14,17,23H,4,7-8,15-16,18H2,1-2H3,(H,27,32)/t23-/m0/s1. The second kappa shape index (κ2) is 10.4. The number of piperidine rings is 1. The minimum absolute atomic E-state index is 0.0157.